The average Bonchev–Trinajstić information content (AvgIpc) is 3.22. The van der Waals surface area contributed by atoms with Crippen LogP contribution in [-0.2, 0) is 23.9 Å². The highest BCUT2D eigenvalue weighted by Gasteiger charge is 2.63. The lowest BCUT2D eigenvalue weighted by Gasteiger charge is -2.45. The molecule has 0 radical (unpaired) electrons. The third-order valence-electron chi connectivity index (χ3n) is 8.31. The van der Waals surface area contributed by atoms with Gasteiger partial charge >= 0.3 is 5.97 Å². The Morgan fingerprint density at radius 1 is 0.854 bits per heavy atom. The summed E-state index contributed by atoms with van der Waals surface area (Å²) in [5.41, 5.74) is 4.54. The molecule has 4 aliphatic rings. The summed E-state index contributed by atoms with van der Waals surface area (Å²) in [6.45, 7) is 3.21. The van der Waals surface area contributed by atoms with Crippen LogP contribution >= 0.6 is 23.2 Å². The van der Waals surface area contributed by atoms with Crippen LogP contribution in [0.3, 0.4) is 0 Å². The largest absolute Gasteiger partial charge is 0.454 e. The van der Waals surface area contributed by atoms with E-state index in [1.165, 1.54) is 6.07 Å². The SMILES string of the molecule is CC(C)C[C@H](C(=O)OCC(=O)Nc1ccc(Cl)cc1Cl)N1C(=O)[C@@H]2C3c4ccccc4C(c4ccccc43)[C@@H]2C1=O. The van der Waals surface area contributed by atoms with Gasteiger partial charge in [0.05, 0.1) is 22.5 Å². The summed E-state index contributed by atoms with van der Waals surface area (Å²) < 4.78 is 5.39. The van der Waals surface area contributed by atoms with E-state index in [0.29, 0.717) is 10.7 Å². The van der Waals surface area contributed by atoms with Crippen molar-refractivity contribution in [2.75, 3.05) is 11.9 Å². The lowest BCUT2D eigenvalue weighted by atomic mass is 9.55. The molecule has 7 nitrogen and oxygen atoms in total. The molecular formula is C32H28Cl2N2O5. The quantitative estimate of drug-likeness (QED) is 0.278. The summed E-state index contributed by atoms with van der Waals surface area (Å²) >= 11 is 12.0. The van der Waals surface area contributed by atoms with Gasteiger partial charge in [-0.25, -0.2) is 4.79 Å². The van der Waals surface area contributed by atoms with Gasteiger partial charge in [0.15, 0.2) is 6.61 Å². The minimum atomic E-state index is -1.14. The van der Waals surface area contributed by atoms with Crippen LogP contribution in [0, 0.1) is 17.8 Å². The monoisotopic (exact) mass is 590 g/mol. The molecule has 9 heteroatoms. The fraction of sp³-hybridized carbons (Fsp3) is 0.312. The van der Waals surface area contributed by atoms with E-state index in [-0.39, 0.29) is 41.0 Å². The van der Waals surface area contributed by atoms with Gasteiger partial charge in [-0.2, -0.15) is 0 Å². The average molecular weight is 591 g/mol. The first-order valence-electron chi connectivity index (χ1n) is 13.6. The lowest BCUT2D eigenvalue weighted by molar-refractivity contribution is -0.160. The van der Waals surface area contributed by atoms with Crippen molar-refractivity contribution in [2.24, 2.45) is 17.8 Å². The number of imide groups is 1. The number of benzene rings is 3. The van der Waals surface area contributed by atoms with Gasteiger partial charge in [0.1, 0.15) is 6.04 Å². The Kier molecular flexibility index (Phi) is 7.12. The van der Waals surface area contributed by atoms with Crippen LogP contribution in [-0.4, -0.2) is 41.2 Å². The van der Waals surface area contributed by atoms with Gasteiger partial charge in [0.25, 0.3) is 5.91 Å². The van der Waals surface area contributed by atoms with E-state index in [1.807, 2.05) is 62.4 Å². The summed E-state index contributed by atoms with van der Waals surface area (Å²) in [6, 6.07) is 19.4. The predicted octanol–water partition coefficient (Wildman–Crippen LogP) is 5.78. The van der Waals surface area contributed by atoms with Crippen LogP contribution in [0.15, 0.2) is 66.7 Å². The minimum absolute atomic E-state index is 0.0244. The predicted molar refractivity (Wildman–Crippen MR) is 155 cm³/mol. The number of amides is 3. The number of carbonyl (C=O) groups excluding carboxylic acids is 4. The van der Waals surface area contributed by atoms with E-state index in [0.717, 1.165) is 27.2 Å². The van der Waals surface area contributed by atoms with Gasteiger partial charge in [0, 0.05) is 16.9 Å². The first kappa shape index (κ1) is 27.5. The molecule has 2 bridgehead atoms. The third-order valence-corrected chi connectivity index (χ3v) is 8.86. The number of esters is 1. The second-order valence-corrected chi connectivity index (χ2v) is 12.1. The summed E-state index contributed by atoms with van der Waals surface area (Å²) in [7, 11) is 0. The Balaban J connectivity index is 1.26. The first-order valence-corrected chi connectivity index (χ1v) is 14.4. The summed E-state index contributed by atoms with van der Waals surface area (Å²) in [6.07, 6.45) is 0.218. The van der Waals surface area contributed by atoms with Gasteiger partial charge < -0.3 is 10.1 Å². The Bertz CT molecular complexity index is 1470. The van der Waals surface area contributed by atoms with Gasteiger partial charge in [-0.05, 0) is 52.8 Å². The number of rotatable bonds is 7. The molecule has 3 amide bonds. The Morgan fingerprint density at radius 3 is 1.83 bits per heavy atom. The number of hydrogen-bond acceptors (Lipinski definition) is 5. The molecule has 3 aromatic rings. The van der Waals surface area contributed by atoms with Gasteiger partial charge in [0.2, 0.25) is 11.8 Å². The molecule has 7 rings (SSSR count). The Morgan fingerprint density at radius 2 is 1.37 bits per heavy atom. The van der Waals surface area contributed by atoms with Crippen LogP contribution in [0.2, 0.25) is 10.0 Å². The number of carbonyl (C=O) groups is 4. The second kappa shape index (κ2) is 10.6. The molecule has 0 unspecified atom stereocenters. The standard InChI is InChI=1S/C32H28Cl2N2O5/c1-16(2)13-24(32(40)41-15-25(37)35-23-12-11-17(33)14-22(23)34)36-30(38)28-26-18-7-3-4-8-19(18)27(29(28)31(36)39)21-10-6-5-9-20(21)26/h3-12,14,16,24,26-29H,13,15H2,1-2H3,(H,35,37)/t24-,26?,27?,28-,29+/m1/s1. The van der Waals surface area contributed by atoms with Crippen LogP contribution in [0.1, 0.15) is 54.4 Å². The molecule has 1 heterocycles. The van der Waals surface area contributed by atoms with Crippen molar-refractivity contribution in [2.45, 2.75) is 38.1 Å². The molecule has 1 saturated heterocycles. The van der Waals surface area contributed by atoms with Crippen molar-refractivity contribution >= 4 is 52.6 Å². The number of halogens is 2. The van der Waals surface area contributed by atoms with Crippen LogP contribution in [0.4, 0.5) is 5.69 Å². The van der Waals surface area contributed by atoms with E-state index in [2.05, 4.69) is 5.32 Å². The molecule has 3 atom stereocenters. The number of likely N-dealkylation sites (tertiary alicyclic amines) is 1. The van der Waals surface area contributed by atoms with Crippen molar-refractivity contribution in [1.29, 1.82) is 0 Å². The van der Waals surface area contributed by atoms with Crippen LogP contribution < -0.4 is 5.32 Å². The minimum Gasteiger partial charge on any atom is -0.454 e. The zero-order valence-electron chi connectivity index (χ0n) is 22.5. The Labute approximate surface area is 247 Å². The maximum absolute atomic E-state index is 14.1. The van der Waals surface area contributed by atoms with E-state index in [1.54, 1.807) is 12.1 Å². The van der Waals surface area contributed by atoms with Gasteiger partial charge in [-0.15, -0.1) is 0 Å². The van der Waals surface area contributed by atoms with Crippen molar-refractivity contribution < 1.29 is 23.9 Å². The van der Waals surface area contributed by atoms with Crippen LogP contribution in [0.25, 0.3) is 0 Å². The van der Waals surface area contributed by atoms with E-state index >= 15 is 0 Å². The maximum atomic E-state index is 14.1. The van der Waals surface area contributed by atoms with E-state index < -0.39 is 36.4 Å². The zero-order chi connectivity index (χ0) is 29.0. The molecule has 3 aliphatic carbocycles. The van der Waals surface area contributed by atoms with Crippen molar-refractivity contribution in [3.63, 3.8) is 0 Å². The van der Waals surface area contributed by atoms with E-state index in [9.17, 15) is 19.2 Å². The molecule has 1 N–H and O–H groups in total. The number of nitrogens with zero attached hydrogens (tertiary/aromatic N) is 1. The summed E-state index contributed by atoms with van der Waals surface area (Å²) in [5.74, 6) is -3.90. The molecular weight excluding hydrogens is 563 g/mol. The topological polar surface area (TPSA) is 92.8 Å². The molecule has 1 aliphatic heterocycles. The molecule has 0 spiro atoms. The smallest absolute Gasteiger partial charge is 0.329 e. The van der Waals surface area contributed by atoms with Gasteiger partial charge in [-0.1, -0.05) is 85.6 Å². The molecule has 3 aromatic carbocycles. The number of nitrogens with one attached hydrogen (secondary N) is 1. The maximum Gasteiger partial charge on any atom is 0.329 e. The highest BCUT2D eigenvalue weighted by atomic mass is 35.5. The van der Waals surface area contributed by atoms with E-state index in [4.69, 9.17) is 27.9 Å². The van der Waals surface area contributed by atoms with Gasteiger partial charge in [-0.3, -0.25) is 19.3 Å². The highest BCUT2D eigenvalue weighted by molar-refractivity contribution is 6.36. The summed E-state index contributed by atoms with van der Waals surface area (Å²) in [4.78, 5) is 55.4. The number of anilines is 1. The summed E-state index contributed by atoms with van der Waals surface area (Å²) in [5, 5.41) is 3.24. The fourth-order valence-corrected chi connectivity index (χ4v) is 7.23. The highest BCUT2D eigenvalue weighted by Crippen LogP contribution is 2.61. The van der Waals surface area contributed by atoms with Crippen molar-refractivity contribution in [3.05, 3.63) is 99.0 Å². The third kappa shape index (κ3) is 4.61. The molecule has 0 saturated carbocycles. The zero-order valence-corrected chi connectivity index (χ0v) is 24.0. The second-order valence-electron chi connectivity index (χ2n) is 11.2. The number of hydrogen-bond donors (Lipinski definition) is 1. The Hall–Kier alpha value is -3.68. The van der Waals surface area contributed by atoms with Crippen molar-refractivity contribution in [1.82, 2.24) is 4.90 Å². The molecule has 1 fully saturated rings. The normalized spacial score (nSPS) is 22.7. The molecule has 210 valence electrons. The van der Waals surface area contributed by atoms with Crippen LogP contribution in [0.5, 0.6) is 0 Å². The molecule has 0 aromatic heterocycles. The lowest BCUT2D eigenvalue weighted by Crippen LogP contribution is -2.47. The molecule has 41 heavy (non-hydrogen) atoms. The number of ether oxygens (including phenoxy) is 1. The fourth-order valence-electron chi connectivity index (χ4n) is 6.77. The first-order chi connectivity index (χ1) is 19.7. The van der Waals surface area contributed by atoms with Crippen molar-refractivity contribution in [3.8, 4) is 0 Å².